The number of carbonyl (C=O) groups is 19. The van der Waals surface area contributed by atoms with E-state index in [4.69, 9.17) is 28.7 Å². The number of rotatable bonds is 40. The third-order valence-electron chi connectivity index (χ3n) is 24.5. The van der Waals surface area contributed by atoms with Gasteiger partial charge in [0.2, 0.25) is 106 Å². The summed E-state index contributed by atoms with van der Waals surface area (Å²) in [4.78, 5) is 284. The van der Waals surface area contributed by atoms with Crippen LogP contribution in [0.1, 0.15) is 228 Å². The Morgan fingerprint density at radius 1 is 0.522 bits per heavy atom. The van der Waals surface area contributed by atoms with Crippen molar-refractivity contribution in [1.29, 1.82) is 0 Å². The van der Waals surface area contributed by atoms with Gasteiger partial charge in [0.15, 0.2) is 5.96 Å². The second-order valence-corrected chi connectivity index (χ2v) is 38.7. The van der Waals surface area contributed by atoms with Crippen LogP contribution in [0.2, 0.25) is 0 Å². The zero-order valence-corrected chi connectivity index (χ0v) is 81.2. The van der Waals surface area contributed by atoms with E-state index in [0.717, 1.165) is 21.6 Å². The number of aliphatic hydroxyl groups is 1. The number of unbranched alkanes of at least 4 members (excludes halogenated alkanes) is 4. The zero-order chi connectivity index (χ0) is 100. The van der Waals surface area contributed by atoms with Gasteiger partial charge in [0.1, 0.15) is 103 Å². The molecule has 0 bridgehead atoms. The van der Waals surface area contributed by atoms with E-state index < -0.39 is 234 Å². The summed E-state index contributed by atoms with van der Waals surface area (Å²) in [5.74, 6) is -17.5. The van der Waals surface area contributed by atoms with Crippen molar-refractivity contribution in [2.75, 3.05) is 63.9 Å². The van der Waals surface area contributed by atoms with Gasteiger partial charge in [-0.15, -0.1) is 0 Å². The summed E-state index contributed by atoms with van der Waals surface area (Å²) in [6.07, 6.45) is 3.35. The fraction of sp³-hybridized carbons (Fsp3) is 0.711. The van der Waals surface area contributed by atoms with Crippen molar-refractivity contribution in [1.82, 2.24) is 88.7 Å². The average Bonchev–Trinajstić information content (AvgIpc) is 1.64. The predicted octanol–water partition coefficient (Wildman–Crippen LogP) is -2.94. The van der Waals surface area contributed by atoms with E-state index in [1.165, 1.54) is 33.4 Å². The van der Waals surface area contributed by atoms with Gasteiger partial charge in [-0.2, -0.15) is 0 Å². The summed E-state index contributed by atoms with van der Waals surface area (Å²) in [7, 11) is 1.98. The highest BCUT2D eigenvalue weighted by Crippen LogP contribution is 2.30. The molecule has 136 heavy (non-hydrogen) atoms. The van der Waals surface area contributed by atoms with Gasteiger partial charge in [-0.05, 0) is 172 Å². The van der Waals surface area contributed by atoms with E-state index in [1.807, 2.05) is 13.8 Å². The number of hydrogen-bond acceptors (Lipinski definition) is 25. The number of fused-ring (bicyclic) bond motifs is 1. The summed E-state index contributed by atoms with van der Waals surface area (Å²) in [5.41, 5.74) is 29.4. The van der Waals surface area contributed by atoms with Crippen LogP contribution in [-0.2, 0) is 97.5 Å². The number of primary amides is 1. The smallest absolute Gasteiger partial charge is 0.303 e. The summed E-state index contributed by atoms with van der Waals surface area (Å²) in [6.45, 7) is 12.8. The Hall–Kier alpha value is -11.0. The minimum absolute atomic E-state index is 0.00196. The molecule has 760 valence electrons. The molecule has 46 heteroatoms. The minimum atomic E-state index is -1.82. The Bertz CT molecular complexity index is 4270. The topological polar surface area (TPSA) is 677 Å². The van der Waals surface area contributed by atoms with Gasteiger partial charge >= 0.3 is 5.97 Å². The lowest BCUT2D eigenvalue weighted by molar-refractivity contribution is -0.148. The third kappa shape index (κ3) is 36.2. The largest absolute Gasteiger partial charge is 0.481 e. The molecule has 44 nitrogen and oxygen atoms in total. The lowest BCUT2D eigenvalue weighted by atomic mass is 10.0. The second kappa shape index (κ2) is 58.5. The van der Waals surface area contributed by atoms with Crippen molar-refractivity contribution in [2.24, 2.45) is 45.5 Å². The van der Waals surface area contributed by atoms with E-state index in [2.05, 4.69) is 74.1 Å². The fourth-order valence-electron chi connectivity index (χ4n) is 17.0. The van der Waals surface area contributed by atoms with Crippen LogP contribution in [0.5, 0.6) is 0 Å². The van der Waals surface area contributed by atoms with Crippen LogP contribution in [0.4, 0.5) is 0 Å². The van der Waals surface area contributed by atoms with Crippen LogP contribution >= 0.6 is 21.6 Å². The van der Waals surface area contributed by atoms with Gasteiger partial charge in [-0.1, -0.05) is 119 Å². The molecule has 0 aromatic heterocycles. The van der Waals surface area contributed by atoms with Crippen molar-refractivity contribution in [3.63, 3.8) is 0 Å². The molecular weight excluding hydrogens is 1800 g/mol. The van der Waals surface area contributed by atoms with Crippen LogP contribution < -0.4 is 97.8 Å². The Morgan fingerprint density at radius 2 is 1.05 bits per heavy atom. The number of benzene rings is 1. The monoisotopic (exact) mass is 1950 g/mol. The standard InChI is InChI=1S/C90H147N23O21S2/c1-9-11-27-57(103-85(130)69-34-23-44-112(69)89(134)72(52(5)6)98-54(8)115)75(120)102-60-38-46-135-136-50-66(82(127)105-62(30-17-19-40-92)87(132)113-45-24-35-70(113)88(133)111-43-22-33-68(111)84(129)99-56(73(93)118)36-37-71(116)117)109-80(125)64(48-55-25-14-13-15-26-55)107-81(126)65(49-114)108-74(119)53(7)97-83(128)67-32-21-42-110(67)86(131)61(28-12-10-2)104-77(122)58(29-16-18-39-91)100-76(121)59(31-20-41-96-90(94)95)101-79(124)63(47-51(3)4)106-78(60)123/h13-15,25-26,51-53,56-70,72,114H,9-12,16-24,27-50,91-92H2,1-8H3,(H2,93,118)(H,97,128)(H,98,115)(H,99,129)(H,100,121)(H,101,124)(H,102,120)(H,103,130)(H,104,122)(H,105,127)(H,106,123)(H,107,126)(H,108,119)(H,109,125)(H,116,117)(H4,94,95,96)/t53-,56-,57-,58-,59-,60-,61-,62-,63-,64-,65-,66-,67-,68-,69-,70-,72-/m0/s1. The molecule has 5 heterocycles. The number of carboxylic acid groups (broad SMARTS) is 1. The van der Waals surface area contributed by atoms with E-state index in [0.29, 0.717) is 69.8 Å². The highest BCUT2D eigenvalue weighted by Gasteiger charge is 2.47. The molecule has 0 aliphatic carbocycles. The lowest BCUT2D eigenvalue weighted by Crippen LogP contribution is -2.61. The number of likely N-dealkylation sites (tertiary alicyclic amines) is 3. The summed E-state index contributed by atoms with van der Waals surface area (Å²) in [5, 5.41) is 55.5. The number of nitrogens with one attached hydrogen (secondary N) is 13. The molecule has 6 rings (SSSR count). The first-order valence-corrected chi connectivity index (χ1v) is 50.3. The van der Waals surface area contributed by atoms with E-state index in [1.54, 1.807) is 58.0 Å². The van der Waals surface area contributed by atoms with Crippen molar-refractivity contribution < 1.29 is 101 Å². The number of carbonyl (C=O) groups excluding carboxylic acids is 18. The number of nitrogens with zero attached hydrogens (tertiary/aromatic N) is 5. The van der Waals surface area contributed by atoms with Crippen molar-refractivity contribution >= 4 is 140 Å². The number of guanidine groups is 1. The van der Waals surface area contributed by atoms with E-state index in [-0.39, 0.29) is 172 Å². The molecule has 25 N–H and O–H groups in total. The van der Waals surface area contributed by atoms with E-state index in [9.17, 15) is 67.7 Å². The van der Waals surface area contributed by atoms with Gasteiger partial charge in [-0.3, -0.25) is 96.1 Å². The number of carboxylic acids is 1. The van der Waals surface area contributed by atoms with Crippen LogP contribution in [-0.4, -0.2) is 315 Å². The molecule has 5 aliphatic heterocycles. The van der Waals surface area contributed by atoms with Crippen LogP contribution in [0, 0.1) is 11.8 Å². The first-order chi connectivity index (χ1) is 64.8. The second-order valence-electron chi connectivity index (χ2n) is 36.1. The Morgan fingerprint density at radius 3 is 1.65 bits per heavy atom. The summed E-state index contributed by atoms with van der Waals surface area (Å²) in [6, 6.07) is -15.4. The molecular formula is C90H147N23O21S2. The molecule has 0 spiro atoms. The molecule has 5 aliphatic rings. The maximum Gasteiger partial charge on any atom is 0.303 e. The Kier molecular flexibility index (Phi) is 49.0. The van der Waals surface area contributed by atoms with Crippen LogP contribution in [0.3, 0.4) is 0 Å². The van der Waals surface area contributed by atoms with Crippen LogP contribution in [0.15, 0.2) is 35.3 Å². The molecule has 0 radical (unpaired) electrons. The maximum absolute atomic E-state index is 15.6. The first-order valence-electron chi connectivity index (χ1n) is 47.8. The Labute approximate surface area is 802 Å². The van der Waals surface area contributed by atoms with Gasteiger partial charge in [0.25, 0.3) is 0 Å². The highest BCUT2D eigenvalue weighted by molar-refractivity contribution is 8.76. The quantitative estimate of drug-likeness (QED) is 0.0135. The zero-order valence-electron chi connectivity index (χ0n) is 79.6. The number of amides is 18. The average molecular weight is 1950 g/mol. The molecule has 0 saturated carbocycles. The lowest BCUT2D eigenvalue weighted by Gasteiger charge is -2.33. The van der Waals surface area contributed by atoms with Crippen molar-refractivity contribution in [3.8, 4) is 0 Å². The molecule has 5 saturated heterocycles. The van der Waals surface area contributed by atoms with Gasteiger partial charge in [0, 0.05) is 64.0 Å². The molecule has 0 unspecified atom stereocenters. The van der Waals surface area contributed by atoms with Gasteiger partial charge in [0.05, 0.1) is 6.61 Å². The van der Waals surface area contributed by atoms with Gasteiger partial charge < -0.3 is 128 Å². The molecule has 18 amide bonds. The summed E-state index contributed by atoms with van der Waals surface area (Å²) >= 11 is 0. The summed E-state index contributed by atoms with van der Waals surface area (Å²) < 4.78 is 0. The van der Waals surface area contributed by atoms with Crippen LogP contribution in [0.25, 0.3) is 0 Å². The molecule has 17 atom stereocenters. The molecule has 1 aromatic carbocycles. The molecule has 5 fully saturated rings. The Balaban J connectivity index is 1.48. The number of aliphatic hydroxyl groups excluding tert-OH is 1. The number of nitrogens with two attached hydrogens (primary N) is 5. The van der Waals surface area contributed by atoms with Gasteiger partial charge in [-0.25, -0.2) is 0 Å². The number of aliphatic carboxylic acids is 1. The SMILES string of the molecule is CCCC[C@H](NC(=O)[C@@H]1CCCN1C(=O)[C@@H](NC(C)=O)C(C)C)C(=O)N[C@H]1CCSSC[C@@H](C(=O)N[C@@H](CCCCN)C(=O)N2CCC[C@H]2C(=O)N2CCC[C@H]2C(=O)N[C@@H](CCC(=O)O)C(N)=O)NC(=O)[C@H](Cc2ccccc2)NC(=O)[C@H](CO)NC(=O)[C@H](C)NC(=O)[C@@H]2CCCN2C(=O)[C@H](CCCC)NC(=O)[C@H](CCCCN)NC(=O)[C@H](CCCN=C(N)N)NC(=O)[C@H](CC(C)C)NC1=O. The number of hydrogen-bond donors (Lipinski definition) is 20. The predicted molar refractivity (Wildman–Crippen MR) is 507 cm³/mol. The minimum Gasteiger partial charge on any atom is -0.481 e. The third-order valence-corrected chi connectivity index (χ3v) is 26.9. The van der Waals surface area contributed by atoms with Crippen molar-refractivity contribution in [2.45, 2.75) is 331 Å². The highest BCUT2D eigenvalue weighted by atomic mass is 33.1. The number of aliphatic imine (C=N–C) groups is 1. The van der Waals surface area contributed by atoms with Crippen molar-refractivity contribution in [3.05, 3.63) is 35.9 Å². The van der Waals surface area contributed by atoms with E-state index >= 15 is 33.6 Å². The fourth-order valence-corrected chi connectivity index (χ4v) is 19.3. The first kappa shape index (κ1) is 114. The molecule has 1 aromatic rings. The maximum atomic E-state index is 15.6. The normalized spacial score (nSPS) is 24.4.